The average Bonchev–Trinajstić information content (AvgIpc) is 3.37. The standard InChI is InChI=1S/C20H21NO3/c22-18(23)17(13-15-7-3-1-4-8-15)21-19(24)20(11-12-20)14-16-9-5-2-6-10-16/h1-10,17H,11-14H2,(H,21,24)(H,22,23). The Bertz CT molecular complexity index is 708. The number of hydrogen-bond acceptors (Lipinski definition) is 2. The molecule has 3 rings (SSSR count). The highest BCUT2D eigenvalue weighted by molar-refractivity contribution is 5.89. The van der Waals surface area contributed by atoms with Gasteiger partial charge in [-0.2, -0.15) is 0 Å². The van der Waals surface area contributed by atoms with E-state index in [0.29, 0.717) is 12.8 Å². The monoisotopic (exact) mass is 323 g/mol. The van der Waals surface area contributed by atoms with Crippen LogP contribution in [0.5, 0.6) is 0 Å². The first kappa shape index (κ1) is 16.2. The quantitative estimate of drug-likeness (QED) is 0.823. The maximum absolute atomic E-state index is 12.7. The van der Waals surface area contributed by atoms with Crippen molar-refractivity contribution in [2.45, 2.75) is 31.7 Å². The third kappa shape index (κ3) is 3.82. The molecule has 4 nitrogen and oxygen atoms in total. The van der Waals surface area contributed by atoms with Crippen LogP contribution in [0.2, 0.25) is 0 Å². The van der Waals surface area contributed by atoms with Gasteiger partial charge in [-0.3, -0.25) is 4.79 Å². The van der Waals surface area contributed by atoms with E-state index in [2.05, 4.69) is 5.32 Å². The first-order valence-electron chi connectivity index (χ1n) is 8.21. The molecule has 1 amide bonds. The van der Waals surface area contributed by atoms with E-state index in [1.165, 1.54) is 0 Å². The molecule has 1 aliphatic rings. The Hall–Kier alpha value is -2.62. The molecule has 0 spiro atoms. The van der Waals surface area contributed by atoms with Crippen LogP contribution in [-0.4, -0.2) is 23.0 Å². The number of carboxylic acid groups (broad SMARTS) is 1. The number of nitrogens with one attached hydrogen (secondary N) is 1. The SMILES string of the molecule is O=C(O)C(Cc1ccccc1)NC(=O)C1(Cc2ccccc2)CC1. The summed E-state index contributed by atoms with van der Waals surface area (Å²) in [6.45, 7) is 0. The summed E-state index contributed by atoms with van der Waals surface area (Å²) in [5.74, 6) is -1.14. The molecule has 24 heavy (non-hydrogen) atoms. The first-order valence-corrected chi connectivity index (χ1v) is 8.21. The highest BCUT2D eigenvalue weighted by Crippen LogP contribution is 2.48. The molecule has 1 unspecified atom stereocenters. The van der Waals surface area contributed by atoms with Gasteiger partial charge in [0.25, 0.3) is 0 Å². The Morgan fingerprint density at radius 1 is 0.958 bits per heavy atom. The number of carbonyl (C=O) groups excluding carboxylic acids is 1. The molecule has 2 N–H and O–H groups in total. The molecule has 0 aliphatic heterocycles. The number of rotatable bonds is 7. The highest BCUT2D eigenvalue weighted by atomic mass is 16.4. The molecule has 0 heterocycles. The lowest BCUT2D eigenvalue weighted by Crippen LogP contribution is -2.46. The number of hydrogen-bond donors (Lipinski definition) is 2. The molecule has 4 heteroatoms. The molecule has 2 aromatic rings. The van der Waals surface area contributed by atoms with E-state index in [1.807, 2.05) is 60.7 Å². The van der Waals surface area contributed by atoms with Gasteiger partial charge in [0.05, 0.1) is 5.41 Å². The third-order valence-corrected chi connectivity index (χ3v) is 4.61. The molecule has 0 radical (unpaired) electrons. The summed E-state index contributed by atoms with van der Waals surface area (Å²) in [4.78, 5) is 24.2. The molecular formula is C20H21NO3. The van der Waals surface area contributed by atoms with Gasteiger partial charge in [-0.25, -0.2) is 4.79 Å². The van der Waals surface area contributed by atoms with Gasteiger partial charge in [-0.1, -0.05) is 60.7 Å². The van der Waals surface area contributed by atoms with Crippen LogP contribution >= 0.6 is 0 Å². The van der Waals surface area contributed by atoms with Crippen molar-refractivity contribution < 1.29 is 14.7 Å². The minimum absolute atomic E-state index is 0.144. The largest absolute Gasteiger partial charge is 0.480 e. The summed E-state index contributed by atoms with van der Waals surface area (Å²) in [6.07, 6.45) is 2.58. The predicted molar refractivity (Wildman–Crippen MR) is 91.5 cm³/mol. The van der Waals surface area contributed by atoms with Gasteiger partial charge in [0.2, 0.25) is 5.91 Å². The Morgan fingerprint density at radius 2 is 1.50 bits per heavy atom. The molecule has 1 atom stereocenters. The van der Waals surface area contributed by atoms with E-state index in [9.17, 15) is 14.7 Å². The Balaban J connectivity index is 1.66. The molecule has 0 saturated heterocycles. The molecule has 1 saturated carbocycles. The van der Waals surface area contributed by atoms with Crippen LogP contribution in [0.4, 0.5) is 0 Å². The maximum Gasteiger partial charge on any atom is 0.326 e. The van der Waals surface area contributed by atoms with Crippen molar-refractivity contribution in [2.24, 2.45) is 5.41 Å². The van der Waals surface area contributed by atoms with Crippen molar-refractivity contribution in [3.8, 4) is 0 Å². The summed E-state index contributed by atoms with van der Waals surface area (Å²) in [5, 5.41) is 12.2. The van der Waals surface area contributed by atoms with Crippen LogP contribution in [0.25, 0.3) is 0 Å². The lowest BCUT2D eigenvalue weighted by Gasteiger charge is -2.20. The normalized spacial score (nSPS) is 16.2. The van der Waals surface area contributed by atoms with Crippen LogP contribution in [0, 0.1) is 5.41 Å². The summed E-state index contributed by atoms with van der Waals surface area (Å²) in [5.41, 5.74) is 1.57. The van der Waals surface area contributed by atoms with Gasteiger partial charge in [0.15, 0.2) is 0 Å². The van der Waals surface area contributed by atoms with Crippen molar-refractivity contribution >= 4 is 11.9 Å². The fourth-order valence-electron chi connectivity index (χ4n) is 2.98. The Kier molecular flexibility index (Phi) is 4.65. The summed E-state index contributed by atoms with van der Waals surface area (Å²) >= 11 is 0. The van der Waals surface area contributed by atoms with Crippen LogP contribution in [0.3, 0.4) is 0 Å². The van der Waals surface area contributed by atoms with Gasteiger partial charge in [0.1, 0.15) is 6.04 Å². The van der Waals surface area contributed by atoms with E-state index in [0.717, 1.165) is 24.0 Å². The van der Waals surface area contributed by atoms with E-state index < -0.39 is 17.4 Å². The fraction of sp³-hybridized carbons (Fsp3) is 0.300. The molecular weight excluding hydrogens is 302 g/mol. The number of aliphatic carboxylic acids is 1. The number of benzene rings is 2. The minimum atomic E-state index is -0.997. The van der Waals surface area contributed by atoms with Gasteiger partial charge in [-0.15, -0.1) is 0 Å². The smallest absolute Gasteiger partial charge is 0.326 e. The van der Waals surface area contributed by atoms with Crippen LogP contribution in [0.1, 0.15) is 24.0 Å². The summed E-state index contributed by atoms with van der Waals surface area (Å²) in [6, 6.07) is 18.4. The summed E-state index contributed by atoms with van der Waals surface area (Å²) in [7, 11) is 0. The van der Waals surface area contributed by atoms with Gasteiger partial charge in [0, 0.05) is 6.42 Å². The maximum atomic E-state index is 12.7. The predicted octanol–water partition coefficient (Wildman–Crippen LogP) is 2.82. The molecule has 0 bridgehead atoms. The highest BCUT2D eigenvalue weighted by Gasteiger charge is 2.50. The third-order valence-electron chi connectivity index (χ3n) is 4.61. The van der Waals surface area contributed by atoms with Crippen molar-refractivity contribution in [3.05, 3.63) is 71.8 Å². The lowest BCUT2D eigenvalue weighted by molar-refractivity contribution is -0.142. The van der Waals surface area contributed by atoms with Crippen molar-refractivity contribution in [1.82, 2.24) is 5.32 Å². The summed E-state index contributed by atoms with van der Waals surface area (Å²) < 4.78 is 0. The zero-order chi connectivity index (χ0) is 17.0. The lowest BCUT2D eigenvalue weighted by atomic mass is 9.94. The molecule has 0 aromatic heterocycles. The van der Waals surface area contributed by atoms with E-state index in [1.54, 1.807) is 0 Å². The molecule has 1 aliphatic carbocycles. The first-order chi connectivity index (χ1) is 11.6. The Morgan fingerprint density at radius 3 is 2.00 bits per heavy atom. The number of carbonyl (C=O) groups is 2. The second kappa shape index (κ2) is 6.87. The Labute approximate surface area is 141 Å². The van der Waals surface area contributed by atoms with E-state index >= 15 is 0 Å². The fourth-order valence-corrected chi connectivity index (χ4v) is 2.98. The van der Waals surface area contributed by atoms with Crippen molar-refractivity contribution in [1.29, 1.82) is 0 Å². The average molecular weight is 323 g/mol. The molecule has 124 valence electrons. The molecule has 1 fully saturated rings. The van der Waals surface area contributed by atoms with Crippen LogP contribution < -0.4 is 5.32 Å². The zero-order valence-electron chi connectivity index (χ0n) is 13.4. The molecule has 2 aromatic carbocycles. The topological polar surface area (TPSA) is 66.4 Å². The van der Waals surface area contributed by atoms with Crippen LogP contribution in [-0.2, 0) is 22.4 Å². The van der Waals surface area contributed by atoms with Gasteiger partial charge in [-0.05, 0) is 30.4 Å². The van der Waals surface area contributed by atoms with Gasteiger partial charge < -0.3 is 10.4 Å². The zero-order valence-corrected chi connectivity index (χ0v) is 13.4. The second-order valence-electron chi connectivity index (χ2n) is 6.50. The number of carboxylic acids is 1. The van der Waals surface area contributed by atoms with Crippen molar-refractivity contribution in [2.75, 3.05) is 0 Å². The number of amides is 1. The minimum Gasteiger partial charge on any atom is -0.480 e. The van der Waals surface area contributed by atoms with E-state index in [-0.39, 0.29) is 5.91 Å². The van der Waals surface area contributed by atoms with Gasteiger partial charge >= 0.3 is 5.97 Å². The van der Waals surface area contributed by atoms with Crippen LogP contribution in [0.15, 0.2) is 60.7 Å². The van der Waals surface area contributed by atoms with Crippen molar-refractivity contribution in [3.63, 3.8) is 0 Å². The van der Waals surface area contributed by atoms with E-state index in [4.69, 9.17) is 0 Å². The second-order valence-corrected chi connectivity index (χ2v) is 6.50.